The fourth-order valence-corrected chi connectivity index (χ4v) is 2.49. The third kappa shape index (κ3) is 3.53. The Kier molecular flexibility index (Phi) is 4.52. The van der Waals surface area contributed by atoms with Gasteiger partial charge in [0.05, 0.1) is 12.2 Å². The molecule has 0 aliphatic carbocycles. The number of rotatable bonds is 4. The fourth-order valence-electron chi connectivity index (χ4n) is 2.49. The Morgan fingerprint density at radius 2 is 2.11 bits per heavy atom. The van der Waals surface area contributed by atoms with E-state index in [1.807, 2.05) is 30.9 Å². The molecule has 3 unspecified atom stereocenters. The van der Waals surface area contributed by atoms with Crippen LogP contribution in [0.3, 0.4) is 0 Å². The molecule has 3 atom stereocenters. The zero-order valence-electron chi connectivity index (χ0n) is 11.2. The van der Waals surface area contributed by atoms with Crippen LogP contribution in [0.1, 0.15) is 25.6 Å². The van der Waals surface area contributed by atoms with Crippen molar-refractivity contribution in [2.75, 3.05) is 18.4 Å². The van der Waals surface area contributed by atoms with Crippen LogP contribution in [0, 0.1) is 0 Å². The van der Waals surface area contributed by atoms with Gasteiger partial charge in [-0.15, -0.1) is 0 Å². The Bertz CT molecular complexity index is 428. The Labute approximate surface area is 113 Å². The maximum absolute atomic E-state index is 10.4. The van der Waals surface area contributed by atoms with E-state index in [0.717, 1.165) is 5.56 Å². The summed E-state index contributed by atoms with van der Waals surface area (Å²) in [7, 11) is 0. The summed E-state index contributed by atoms with van der Waals surface area (Å²) in [4.78, 5) is 12.4. The second kappa shape index (κ2) is 6.14. The zero-order valence-corrected chi connectivity index (χ0v) is 11.2. The van der Waals surface area contributed by atoms with Crippen LogP contribution >= 0.6 is 0 Å². The summed E-state index contributed by atoms with van der Waals surface area (Å²) in [6, 6.07) is 7.24. The van der Waals surface area contributed by atoms with Crippen LogP contribution < -0.4 is 5.32 Å². The van der Waals surface area contributed by atoms with Crippen molar-refractivity contribution in [2.45, 2.75) is 32.3 Å². The highest BCUT2D eigenvalue weighted by Gasteiger charge is 2.27. The maximum Gasteiger partial charge on any atom is 0.211 e. The molecule has 1 heterocycles. The molecule has 1 aromatic carbocycles. The van der Waals surface area contributed by atoms with Gasteiger partial charge in [0.2, 0.25) is 6.41 Å². The molecule has 2 rings (SSSR count). The molecule has 1 amide bonds. The predicted molar refractivity (Wildman–Crippen MR) is 72.7 cm³/mol. The van der Waals surface area contributed by atoms with Gasteiger partial charge in [-0.3, -0.25) is 9.69 Å². The molecule has 1 aromatic rings. The number of ether oxygens (including phenoxy) is 1. The van der Waals surface area contributed by atoms with Gasteiger partial charge < -0.3 is 15.2 Å². The number of hydrogen-bond acceptors (Lipinski definition) is 4. The number of benzene rings is 1. The average molecular weight is 264 g/mol. The fraction of sp³-hybridized carbons (Fsp3) is 0.500. The molecule has 0 radical (unpaired) electrons. The molecule has 1 aliphatic heterocycles. The average Bonchev–Trinajstić information content (AvgIpc) is 2.37. The largest absolute Gasteiger partial charge is 0.374 e. The lowest BCUT2D eigenvalue weighted by Gasteiger charge is -2.38. The van der Waals surface area contributed by atoms with Gasteiger partial charge in [-0.05, 0) is 31.5 Å². The van der Waals surface area contributed by atoms with E-state index in [4.69, 9.17) is 4.74 Å². The number of aliphatic hydroxyl groups excluding tert-OH is 1. The van der Waals surface area contributed by atoms with Gasteiger partial charge >= 0.3 is 0 Å². The molecule has 19 heavy (non-hydrogen) atoms. The van der Waals surface area contributed by atoms with Crippen molar-refractivity contribution in [1.82, 2.24) is 4.90 Å². The van der Waals surface area contributed by atoms with Crippen molar-refractivity contribution < 1.29 is 14.6 Å². The van der Waals surface area contributed by atoms with Crippen LogP contribution in [-0.2, 0) is 9.53 Å². The summed E-state index contributed by atoms with van der Waals surface area (Å²) in [6.45, 7) is 5.38. The molecular formula is C14H20N2O3. The van der Waals surface area contributed by atoms with E-state index >= 15 is 0 Å². The highest BCUT2D eigenvalue weighted by Crippen LogP contribution is 2.24. The number of morpholine rings is 1. The number of amides is 1. The van der Waals surface area contributed by atoms with Gasteiger partial charge in [-0.25, -0.2) is 0 Å². The second-order valence-electron chi connectivity index (χ2n) is 4.97. The highest BCUT2D eigenvalue weighted by molar-refractivity contribution is 5.71. The van der Waals surface area contributed by atoms with Gasteiger partial charge in [0.1, 0.15) is 6.23 Å². The lowest BCUT2D eigenvalue weighted by molar-refractivity contribution is -0.121. The topological polar surface area (TPSA) is 61.8 Å². The Morgan fingerprint density at radius 1 is 1.42 bits per heavy atom. The van der Waals surface area contributed by atoms with Crippen molar-refractivity contribution in [3.05, 3.63) is 29.8 Å². The molecule has 1 fully saturated rings. The Balaban J connectivity index is 2.11. The van der Waals surface area contributed by atoms with E-state index in [-0.39, 0.29) is 12.2 Å². The summed E-state index contributed by atoms with van der Waals surface area (Å²) in [6.07, 6.45) is 0.163. The number of nitrogens with zero attached hydrogens (tertiary/aromatic N) is 1. The van der Waals surface area contributed by atoms with Crippen molar-refractivity contribution in [3.8, 4) is 0 Å². The lowest BCUT2D eigenvalue weighted by atomic mass is 10.1. The van der Waals surface area contributed by atoms with Crippen LogP contribution in [0.15, 0.2) is 24.3 Å². The molecule has 104 valence electrons. The van der Waals surface area contributed by atoms with Crippen LogP contribution in [0.5, 0.6) is 0 Å². The maximum atomic E-state index is 10.4. The Hall–Kier alpha value is -1.43. The van der Waals surface area contributed by atoms with Gasteiger partial charge in [-0.1, -0.05) is 12.1 Å². The predicted octanol–water partition coefficient (Wildman–Crippen LogP) is 1.36. The monoisotopic (exact) mass is 264 g/mol. The third-order valence-electron chi connectivity index (χ3n) is 3.20. The number of nitrogens with one attached hydrogen (secondary N) is 1. The van der Waals surface area contributed by atoms with E-state index in [0.29, 0.717) is 25.2 Å². The first kappa shape index (κ1) is 14.0. The summed E-state index contributed by atoms with van der Waals surface area (Å²) in [5, 5.41) is 13.0. The van der Waals surface area contributed by atoms with E-state index in [9.17, 15) is 9.90 Å². The smallest absolute Gasteiger partial charge is 0.211 e. The quantitative estimate of drug-likeness (QED) is 0.806. The first-order valence-electron chi connectivity index (χ1n) is 6.48. The molecule has 0 saturated carbocycles. The molecule has 0 aromatic heterocycles. The minimum Gasteiger partial charge on any atom is -0.374 e. The SMILES string of the molecule is CC1CN(C(O)c2cccc(NC=O)c2)CC(C)O1. The standard InChI is InChI=1S/C14H20N2O3/c1-10-7-16(8-11(2)19-10)14(18)12-4-3-5-13(6-12)15-9-17/h3-6,9-11,14,18H,7-8H2,1-2H3,(H,15,17). The summed E-state index contributed by atoms with van der Waals surface area (Å²) in [5.74, 6) is 0. The summed E-state index contributed by atoms with van der Waals surface area (Å²) >= 11 is 0. The molecule has 5 nitrogen and oxygen atoms in total. The lowest BCUT2D eigenvalue weighted by Crippen LogP contribution is -2.46. The van der Waals surface area contributed by atoms with Crippen LogP contribution in [-0.4, -0.2) is 41.7 Å². The number of hydrogen-bond donors (Lipinski definition) is 2. The molecule has 5 heteroatoms. The third-order valence-corrected chi connectivity index (χ3v) is 3.20. The van der Waals surface area contributed by atoms with Gasteiger partial charge in [-0.2, -0.15) is 0 Å². The normalized spacial score (nSPS) is 25.8. The van der Waals surface area contributed by atoms with E-state index in [1.54, 1.807) is 12.1 Å². The number of carbonyl (C=O) groups excluding carboxylic acids is 1. The number of carbonyl (C=O) groups is 1. The number of aliphatic hydroxyl groups is 1. The minimum absolute atomic E-state index is 0.106. The van der Waals surface area contributed by atoms with E-state index in [1.165, 1.54) is 0 Å². The molecule has 0 spiro atoms. The van der Waals surface area contributed by atoms with Crippen molar-refractivity contribution in [2.24, 2.45) is 0 Å². The first-order chi connectivity index (χ1) is 9.10. The second-order valence-corrected chi connectivity index (χ2v) is 4.97. The van der Waals surface area contributed by atoms with Gasteiger partial charge in [0.25, 0.3) is 0 Å². The minimum atomic E-state index is -0.679. The molecule has 2 N–H and O–H groups in total. The molecular weight excluding hydrogens is 244 g/mol. The number of anilines is 1. The van der Waals surface area contributed by atoms with Gasteiger partial charge in [0, 0.05) is 18.8 Å². The van der Waals surface area contributed by atoms with Gasteiger partial charge in [0.15, 0.2) is 0 Å². The highest BCUT2D eigenvalue weighted by atomic mass is 16.5. The molecule has 1 aliphatic rings. The van der Waals surface area contributed by atoms with Crippen LogP contribution in [0.25, 0.3) is 0 Å². The van der Waals surface area contributed by atoms with Crippen molar-refractivity contribution in [1.29, 1.82) is 0 Å². The molecule has 0 bridgehead atoms. The van der Waals surface area contributed by atoms with Crippen molar-refractivity contribution >= 4 is 12.1 Å². The van der Waals surface area contributed by atoms with E-state index in [2.05, 4.69) is 5.32 Å². The zero-order chi connectivity index (χ0) is 13.8. The van der Waals surface area contributed by atoms with Crippen molar-refractivity contribution in [3.63, 3.8) is 0 Å². The summed E-state index contributed by atoms with van der Waals surface area (Å²) in [5.41, 5.74) is 1.45. The molecule has 1 saturated heterocycles. The Morgan fingerprint density at radius 3 is 2.74 bits per heavy atom. The van der Waals surface area contributed by atoms with Crippen LogP contribution in [0.2, 0.25) is 0 Å². The summed E-state index contributed by atoms with van der Waals surface area (Å²) < 4.78 is 5.65. The van der Waals surface area contributed by atoms with E-state index < -0.39 is 6.23 Å². The van der Waals surface area contributed by atoms with Crippen LogP contribution in [0.4, 0.5) is 5.69 Å². The first-order valence-corrected chi connectivity index (χ1v) is 6.48.